The third-order valence-corrected chi connectivity index (χ3v) is 1.63. The molecule has 0 unspecified atom stereocenters. The van der Waals surface area contributed by atoms with E-state index in [1.165, 1.54) is 0 Å². The highest BCUT2D eigenvalue weighted by Crippen LogP contribution is 2.13. The summed E-state index contributed by atoms with van der Waals surface area (Å²) in [6, 6.07) is 0. The SMILES string of the molecule is OC[C@H]1OC[C@@H](O)C[C@@H]1O. The molecule has 0 saturated carbocycles. The molecule has 4 heteroatoms. The van der Waals surface area contributed by atoms with E-state index in [1.807, 2.05) is 0 Å². The van der Waals surface area contributed by atoms with E-state index in [2.05, 4.69) is 0 Å². The van der Waals surface area contributed by atoms with Gasteiger partial charge in [0.25, 0.3) is 0 Å². The third kappa shape index (κ3) is 1.67. The van der Waals surface area contributed by atoms with Crippen molar-refractivity contribution in [2.45, 2.75) is 24.7 Å². The van der Waals surface area contributed by atoms with Gasteiger partial charge in [0.05, 0.1) is 25.4 Å². The smallest absolute Gasteiger partial charge is 0.107 e. The van der Waals surface area contributed by atoms with E-state index >= 15 is 0 Å². The first-order valence-corrected chi connectivity index (χ1v) is 3.32. The van der Waals surface area contributed by atoms with Crippen molar-refractivity contribution in [1.29, 1.82) is 0 Å². The second kappa shape index (κ2) is 3.30. The minimum Gasteiger partial charge on any atom is -0.394 e. The molecule has 0 amide bonds. The fourth-order valence-corrected chi connectivity index (χ4v) is 1.02. The molecule has 0 aromatic carbocycles. The van der Waals surface area contributed by atoms with E-state index in [-0.39, 0.29) is 13.2 Å². The van der Waals surface area contributed by atoms with E-state index < -0.39 is 18.3 Å². The summed E-state index contributed by atoms with van der Waals surface area (Å²) in [7, 11) is 0. The molecular weight excluding hydrogens is 136 g/mol. The number of ether oxygens (including phenoxy) is 1. The average molecular weight is 148 g/mol. The zero-order valence-corrected chi connectivity index (χ0v) is 5.60. The molecule has 1 rings (SSSR count). The summed E-state index contributed by atoms with van der Waals surface area (Å²) in [6.45, 7) is 0.0240. The van der Waals surface area contributed by atoms with Gasteiger partial charge in [-0.2, -0.15) is 0 Å². The van der Waals surface area contributed by atoms with Gasteiger partial charge in [0.15, 0.2) is 0 Å². The molecule has 0 aromatic rings. The van der Waals surface area contributed by atoms with Gasteiger partial charge in [0.1, 0.15) is 6.10 Å². The molecule has 1 aliphatic rings. The van der Waals surface area contributed by atoms with Crippen LogP contribution in [0.3, 0.4) is 0 Å². The first kappa shape index (κ1) is 7.94. The molecule has 60 valence electrons. The van der Waals surface area contributed by atoms with Gasteiger partial charge in [-0.25, -0.2) is 0 Å². The van der Waals surface area contributed by atoms with Gasteiger partial charge in [-0.1, -0.05) is 0 Å². The van der Waals surface area contributed by atoms with E-state index in [1.54, 1.807) is 0 Å². The lowest BCUT2D eigenvalue weighted by Gasteiger charge is -2.29. The van der Waals surface area contributed by atoms with Crippen LogP contribution >= 0.6 is 0 Å². The zero-order valence-electron chi connectivity index (χ0n) is 5.60. The monoisotopic (exact) mass is 148 g/mol. The van der Waals surface area contributed by atoms with Crippen molar-refractivity contribution < 1.29 is 20.1 Å². The van der Waals surface area contributed by atoms with Gasteiger partial charge in [-0.3, -0.25) is 0 Å². The van der Waals surface area contributed by atoms with E-state index in [4.69, 9.17) is 20.1 Å². The predicted octanol–water partition coefficient (Wildman–Crippen LogP) is -1.51. The van der Waals surface area contributed by atoms with Crippen LogP contribution in [0.1, 0.15) is 6.42 Å². The van der Waals surface area contributed by atoms with Crippen LogP contribution in [0.2, 0.25) is 0 Å². The summed E-state index contributed by atoms with van der Waals surface area (Å²) < 4.78 is 4.90. The van der Waals surface area contributed by atoms with E-state index in [9.17, 15) is 0 Å². The summed E-state index contributed by atoms with van der Waals surface area (Å²) in [4.78, 5) is 0. The number of aliphatic hydroxyl groups excluding tert-OH is 3. The van der Waals surface area contributed by atoms with Crippen LogP contribution in [0, 0.1) is 0 Å². The van der Waals surface area contributed by atoms with Crippen molar-refractivity contribution >= 4 is 0 Å². The van der Waals surface area contributed by atoms with Gasteiger partial charge >= 0.3 is 0 Å². The number of aliphatic hydroxyl groups is 3. The van der Waals surface area contributed by atoms with Crippen molar-refractivity contribution in [2.24, 2.45) is 0 Å². The minimum atomic E-state index is -0.728. The summed E-state index contributed by atoms with van der Waals surface area (Å²) in [5, 5.41) is 26.6. The molecule has 3 N–H and O–H groups in total. The molecule has 0 aliphatic carbocycles. The Bertz CT molecular complexity index is 106. The van der Waals surface area contributed by atoms with Crippen LogP contribution in [0.15, 0.2) is 0 Å². The van der Waals surface area contributed by atoms with Crippen LogP contribution in [-0.4, -0.2) is 46.8 Å². The second-order valence-electron chi connectivity index (χ2n) is 2.51. The minimum absolute atomic E-state index is 0.187. The normalized spacial score (nSPS) is 41.7. The Labute approximate surface area is 59.1 Å². The first-order chi connectivity index (χ1) is 4.74. The van der Waals surface area contributed by atoms with Crippen molar-refractivity contribution in [3.63, 3.8) is 0 Å². The van der Waals surface area contributed by atoms with Gasteiger partial charge in [0, 0.05) is 6.42 Å². The van der Waals surface area contributed by atoms with E-state index in [0.717, 1.165) is 0 Å². The van der Waals surface area contributed by atoms with Crippen LogP contribution in [0.5, 0.6) is 0 Å². The molecule has 10 heavy (non-hydrogen) atoms. The molecular formula is C6H12O4. The van der Waals surface area contributed by atoms with Gasteiger partial charge in [-0.05, 0) is 0 Å². The van der Waals surface area contributed by atoms with Gasteiger partial charge in [-0.15, -0.1) is 0 Å². The average Bonchev–Trinajstić information content (AvgIpc) is 1.88. The second-order valence-corrected chi connectivity index (χ2v) is 2.51. The first-order valence-electron chi connectivity index (χ1n) is 3.32. The van der Waals surface area contributed by atoms with Crippen molar-refractivity contribution in [1.82, 2.24) is 0 Å². The number of hydrogen-bond donors (Lipinski definition) is 3. The molecule has 0 bridgehead atoms. The number of rotatable bonds is 1. The molecule has 1 aliphatic heterocycles. The molecule has 1 heterocycles. The topological polar surface area (TPSA) is 69.9 Å². The maximum absolute atomic E-state index is 9.09. The molecule has 1 saturated heterocycles. The lowest BCUT2D eigenvalue weighted by Crippen LogP contribution is -2.42. The van der Waals surface area contributed by atoms with Crippen molar-refractivity contribution in [3.05, 3.63) is 0 Å². The quantitative estimate of drug-likeness (QED) is 0.423. The Hall–Kier alpha value is -0.160. The lowest BCUT2D eigenvalue weighted by molar-refractivity contribution is -0.136. The Morgan fingerprint density at radius 1 is 1.40 bits per heavy atom. The van der Waals surface area contributed by atoms with Crippen LogP contribution in [-0.2, 0) is 4.74 Å². The Morgan fingerprint density at radius 3 is 2.60 bits per heavy atom. The maximum atomic E-state index is 9.09. The third-order valence-electron chi connectivity index (χ3n) is 1.63. The molecule has 1 fully saturated rings. The fourth-order valence-electron chi connectivity index (χ4n) is 1.02. The fraction of sp³-hybridized carbons (Fsp3) is 1.00. The maximum Gasteiger partial charge on any atom is 0.107 e. The molecule has 0 radical (unpaired) electrons. The molecule has 0 aromatic heterocycles. The Kier molecular flexibility index (Phi) is 2.62. The summed E-state index contributed by atoms with van der Waals surface area (Å²) >= 11 is 0. The molecule has 3 atom stereocenters. The standard InChI is InChI=1S/C6H12O4/c7-2-6-5(9)1-4(8)3-10-6/h4-9H,1-3H2/t4-,5-,6+/m0/s1. The van der Waals surface area contributed by atoms with Gasteiger partial charge < -0.3 is 20.1 Å². The highest BCUT2D eigenvalue weighted by atomic mass is 16.5. The largest absolute Gasteiger partial charge is 0.394 e. The van der Waals surface area contributed by atoms with Crippen molar-refractivity contribution in [3.8, 4) is 0 Å². The highest BCUT2D eigenvalue weighted by molar-refractivity contribution is 4.76. The van der Waals surface area contributed by atoms with Crippen molar-refractivity contribution in [2.75, 3.05) is 13.2 Å². The summed E-state index contributed by atoms with van der Waals surface area (Å²) in [5.41, 5.74) is 0. The highest BCUT2D eigenvalue weighted by Gasteiger charge is 2.27. The number of hydrogen-bond acceptors (Lipinski definition) is 4. The van der Waals surface area contributed by atoms with Crippen LogP contribution in [0.25, 0.3) is 0 Å². The van der Waals surface area contributed by atoms with Gasteiger partial charge in [0.2, 0.25) is 0 Å². The van der Waals surface area contributed by atoms with E-state index in [0.29, 0.717) is 6.42 Å². The Morgan fingerprint density at radius 2 is 2.10 bits per heavy atom. The summed E-state index contributed by atoms with van der Waals surface area (Å²) in [6.07, 6.45) is -1.53. The zero-order chi connectivity index (χ0) is 7.56. The predicted molar refractivity (Wildman–Crippen MR) is 33.5 cm³/mol. The molecule has 0 spiro atoms. The Balaban J connectivity index is 2.36. The molecule has 4 nitrogen and oxygen atoms in total. The van der Waals surface area contributed by atoms with Crippen LogP contribution in [0.4, 0.5) is 0 Å². The summed E-state index contributed by atoms with van der Waals surface area (Å²) in [5.74, 6) is 0. The lowest BCUT2D eigenvalue weighted by atomic mass is 10.0. The van der Waals surface area contributed by atoms with Crippen LogP contribution < -0.4 is 0 Å².